The number of hydrogen-bond acceptors (Lipinski definition) is 5. The minimum Gasteiger partial charge on any atom is -0.497 e. The zero-order chi connectivity index (χ0) is 16.4. The fraction of sp³-hybridized carbons (Fsp3) is 0.625. The number of methoxy groups -OCH3 is 2. The van der Waals surface area contributed by atoms with Crippen molar-refractivity contribution in [2.24, 2.45) is 0 Å². The smallest absolute Gasteiger partial charge is 0.497 e. The number of benzene rings is 1. The van der Waals surface area contributed by atoms with Crippen LogP contribution in [-0.2, 0) is 19.7 Å². The van der Waals surface area contributed by atoms with E-state index in [-0.39, 0.29) is 0 Å². The number of aryl methyl sites for hydroxylation is 1. The highest BCUT2D eigenvalue weighted by molar-refractivity contribution is 6.60. The van der Waals surface area contributed by atoms with E-state index >= 15 is 0 Å². The van der Waals surface area contributed by atoms with Gasteiger partial charge in [0.05, 0.1) is 14.2 Å². The molecule has 5 nitrogen and oxygen atoms in total. The highest BCUT2D eigenvalue weighted by Crippen LogP contribution is 2.28. The van der Waals surface area contributed by atoms with Gasteiger partial charge in [0.15, 0.2) is 0 Å². The molecule has 0 N–H and O–H groups in total. The van der Waals surface area contributed by atoms with Crippen molar-refractivity contribution in [2.75, 3.05) is 34.0 Å². The van der Waals surface area contributed by atoms with E-state index in [1.165, 1.54) is 0 Å². The van der Waals surface area contributed by atoms with Gasteiger partial charge in [0.2, 0.25) is 0 Å². The average Bonchev–Trinajstić information content (AvgIpc) is 2.53. The molecule has 0 amide bonds. The van der Waals surface area contributed by atoms with Gasteiger partial charge in [-0.05, 0) is 38.8 Å². The summed E-state index contributed by atoms with van der Waals surface area (Å²) in [6.07, 6.45) is 0.777. The zero-order valence-electron chi connectivity index (χ0n) is 14.3. The quantitative estimate of drug-likeness (QED) is 0.583. The van der Waals surface area contributed by atoms with Crippen LogP contribution in [0.1, 0.15) is 26.3 Å². The van der Waals surface area contributed by atoms with E-state index in [1.54, 1.807) is 14.2 Å². The number of ether oxygens (including phenoxy) is 2. The summed E-state index contributed by atoms with van der Waals surface area (Å²) in [5.41, 5.74) is 1.10. The van der Waals surface area contributed by atoms with Gasteiger partial charge >= 0.3 is 8.80 Å². The fourth-order valence-electron chi connectivity index (χ4n) is 2.35. The van der Waals surface area contributed by atoms with Gasteiger partial charge in [-0.25, -0.2) is 0 Å². The largest absolute Gasteiger partial charge is 0.501 e. The summed E-state index contributed by atoms with van der Waals surface area (Å²) in [5, 5.41) is 0. The Bertz CT molecular complexity index is 422. The molecule has 0 fully saturated rings. The lowest BCUT2D eigenvalue weighted by molar-refractivity contribution is 0.0714. The Morgan fingerprint density at radius 2 is 1.45 bits per heavy atom. The molecule has 0 bridgehead atoms. The minimum atomic E-state index is -2.62. The summed E-state index contributed by atoms with van der Waals surface area (Å²) < 4.78 is 28.3. The predicted octanol–water partition coefficient (Wildman–Crippen LogP) is 3.29. The van der Waals surface area contributed by atoms with Crippen molar-refractivity contribution in [1.29, 1.82) is 0 Å². The topological polar surface area (TPSA) is 46.2 Å². The first kappa shape index (κ1) is 19.0. The van der Waals surface area contributed by atoms with Crippen LogP contribution in [0.3, 0.4) is 0 Å². The Morgan fingerprint density at radius 1 is 0.864 bits per heavy atom. The summed E-state index contributed by atoms with van der Waals surface area (Å²) in [6.45, 7) is 7.67. The van der Waals surface area contributed by atoms with Gasteiger partial charge in [-0.2, -0.15) is 0 Å². The zero-order valence-corrected chi connectivity index (χ0v) is 15.3. The van der Waals surface area contributed by atoms with Gasteiger partial charge in [-0.15, -0.1) is 0 Å². The van der Waals surface area contributed by atoms with Crippen LogP contribution in [-0.4, -0.2) is 42.8 Å². The maximum atomic E-state index is 5.88. The van der Waals surface area contributed by atoms with E-state index < -0.39 is 8.80 Å². The molecule has 0 aromatic heterocycles. The highest BCUT2D eigenvalue weighted by Gasteiger charge is 2.40. The molecule has 0 radical (unpaired) electrons. The lowest BCUT2D eigenvalue weighted by atomic mass is 10.1. The maximum absolute atomic E-state index is 5.88. The van der Waals surface area contributed by atoms with Gasteiger partial charge in [-0.1, -0.05) is 6.07 Å². The van der Waals surface area contributed by atoms with Crippen LogP contribution in [0.2, 0.25) is 6.04 Å². The van der Waals surface area contributed by atoms with Gasteiger partial charge in [0.1, 0.15) is 11.5 Å². The molecular weight excluding hydrogens is 300 g/mol. The Kier molecular flexibility index (Phi) is 8.48. The molecule has 126 valence electrons. The van der Waals surface area contributed by atoms with Gasteiger partial charge in [0, 0.05) is 31.9 Å². The van der Waals surface area contributed by atoms with Gasteiger partial charge in [-0.3, -0.25) is 0 Å². The van der Waals surface area contributed by atoms with Crippen LogP contribution in [0.5, 0.6) is 11.5 Å². The Labute approximate surface area is 134 Å². The number of hydrogen-bond donors (Lipinski definition) is 0. The molecule has 0 heterocycles. The van der Waals surface area contributed by atoms with Crippen molar-refractivity contribution in [2.45, 2.75) is 33.2 Å². The van der Waals surface area contributed by atoms with Crippen LogP contribution in [0, 0.1) is 0 Å². The molecule has 6 heteroatoms. The standard InChI is InChI=1S/C16H28O5Si/c1-6-19-22(20-7-2,21-8-3)12-11-14-9-10-15(17-4)13-16(14)18-5/h9-10,13H,6-8,11-12H2,1-5H3. The first-order chi connectivity index (χ1) is 10.6. The van der Waals surface area contributed by atoms with Crippen LogP contribution < -0.4 is 9.47 Å². The second-order valence-corrected chi connectivity index (χ2v) is 7.39. The van der Waals surface area contributed by atoms with E-state index in [0.717, 1.165) is 29.5 Å². The van der Waals surface area contributed by atoms with Crippen molar-refractivity contribution in [3.8, 4) is 11.5 Å². The van der Waals surface area contributed by atoms with E-state index in [2.05, 4.69) is 0 Å². The Balaban J connectivity index is 2.87. The molecular formula is C16H28O5Si. The van der Waals surface area contributed by atoms with Crippen LogP contribution in [0.25, 0.3) is 0 Å². The molecule has 22 heavy (non-hydrogen) atoms. The molecule has 0 saturated heterocycles. The third-order valence-electron chi connectivity index (χ3n) is 3.29. The van der Waals surface area contributed by atoms with Crippen molar-refractivity contribution in [1.82, 2.24) is 0 Å². The molecule has 0 aliphatic rings. The monoisotopic (exact) mass is 328 g/mol. The van der Waals surface area contributed by atoms with Crippen molar-refractivity contribution in [3.63, 3.8) is 0 Å². The summed E-state index contributed by atoms with van der Waals surface area (Å²) in [6, 6.07) is 6.57. The summed E-state index contributed by atoms with van der Waals surface area (Å²) >= 11 is 0. The molecule has 0 atom stereocenters. The third kappa shape index (κ3) is 5.28. The molecule has 0 aliphatic carbocycles. The second kappa shape index (κ2) is 9.84. The average molecular weight is 328 g/mol. The van der Waals surface area contributed by atoms with E-state index in [9.17, 15) is 0 Å². The Hall–Kier alpha value is -1.08. The lowest BCUT2D eigenvalue weighted by Gasteiger charge is -2.28. The SMILES string of the molecule is CCO[Si](CCc1ccc(OC)cc1OC)(OCC)OCC. The highest BCUT2D eigenvalue weighted by atomic mass is 28.4. The van der Waals surface area contributed by atoms with Gasteiger partial charge in [0.25, 0.3) is 0 Å². The normalized spacial score (nSPS) is 11.5. The van der Waals surface area contributed by atoms with Gasteiger partial charge < -0.3 is 22.8 Å². The minimum absolute atomic E-state index is 0.589. The van der Waals surface area contributed by atoms with Crippen LogP contribution in [0.15, 0.2) is 18.2 Å². The molecule has 0 aliphatic heterocycles. The first-order valence-corrected chi connectivity index (χ1v) is 9.70. The summed E-state index contributed by atoms with van der Waals surface area (Å²) in [7, 11) is 0.685. The number of rotatable bonds is 11. The predicted molar refractivity (Wildman–Crippen MR) is 88.7 cm³/mol. The molecule has 1 aromatic rings. The van der Waals surface area contributed by atoms with E-state index in [4.69, 9.17) is 22.8 Å². The lowest BCUT2D eigenvalue weighted by Crippen LogP contribution is -2.46. The van der Waals surface area contributed by atoms with E-state index in [0.29, 0.717) is 19.8 Å². The van der Waals surface area contributed by atoms with E-state index in [1.807, 2.05) is 39.0 Å². The molecule has 1 rings (SSSR count). The fourth-order valence-corrected chi connectivity index (χ4v) is 4.93. The van der Waals surface area contributed by atoms with Crippen LogP contribution in [0.4, 0.5) is 0 Å². The van der Waals surface area contributed by atoms with Crippen molar-refractivity contribution in [3.05, 3.63) is 23.8 Å². The first-order valence-electron chi connectivity index (χ1n) is 7.77. The molecule has 0 unspecified atom stereocenters. The molecule has 1 aromatic carbocycles. The second-order valence-electron chi connectivity index (χ2n) is 4.66. The van der Waals surface area contributed by atoms with Crippen molar-refractivity contribution >= 4 is 8.80 Å². The maximum Gasteiger partial charge on any atom is 0.501 e. The summed E-state index contributed by atoms with van der Waals surface area (Å²) in [5.74, 6) is 1.59. The Morgan fingerprint density at radius 3 is 1.91 bits per heavy atom. The summed E-state index contributed by atoms with van der Waals surface area (Å²) in [4.78, 5) is 0. The molecule has 0 spiro atoms. The van der Waals surface area contributed by atoms with Crippen LogP contribution >= 0.6 is 0 Å². The van der Waals surface area contributed by atoms with Crippen molar-refractivity contribution < 1.29 is 22.8 Å². The molecule has 0 saturated carbocycles. The third-order valence-corrected chi connectivity index (χ3v) is 6.34.